The van der Waals surface area contributed by atoms with Gasteiger partial charge >= 0.3 is 5.97 Å². The zero-order chi connectivity index (χ0) is 13.2. The van der Waals surface area contributed by atoms with E-state index in [9.17, 15) is 4.79 Å². The molecular weight excluding hydrogens is 244 g/mol. The van der Waals surface area contributed by atoms with Crippen molar-refractivity contribution in [3.63, 3.8) is 0 Å². The predicted octanol–water partition coefficient (Wildman–Crippen LogP) is 2.38. The molecule has 1 aliphatic rings. The van der Waals surface area contributed by atoms with E-state index in [4.69, 9.17) is 9.84 Å². The summed E-state index contributed by atoms with van der Waals surface area (Å²) in [4.78, 5) is 19.4. The summed E-state index contributed by atoms with van der Waals surface area (Å²) < 4.78 is 5.76. The molecule has 5 nitrogen and oxygen atoms in total. The van der Waals surface area contributed by atoms with Crippen LogP contribution in [0.5, 0.6) is 5.75 Å². The van der Waals surface area contributed by atoms with Crippen molar-refractivity contribution in [1.82, 2.24) is 9.97 Å². The molecule has 0 saturated heterocycles. The average Bonchev–Trinajstić information content (AvgIpc) is 3.23. The SMILES string of the molecule is O=C(O)c1ccc(-c2ncccn2)c(OC2CC2)c1. The molecule has 0 aliphatic heterocycles. The molecule has 0 spiro atoms. The Morgan fingerprint density at radius 2 is 2.00 bits per heavy atom. The van der Waals surface area contributed by atoms with Crippen molar-refractivity contribution in [2.24, 2.45) is 0 Å². The van der Waals surface area contributed by atoms with Gasteiger partial charge in [0.05, 0.1) is 17.2 Å². The molecule has 0 atom stereocenters. The molecule has 0 unspecified atom stereocenters. The Balaban J connectivity index is 2.04. The fourth-order valence-corrected chi connectivity index (χ4v) is 1.74. The number of aromatic nitrogens is 2. The summed E-state index contributed by atoms with van der Waals surface area (Å²) in [5.74, 6) is 0.102. The summed E-state index contributed by atoms with van der Waals surface area (Å²) in [5.41, 5.74) is 0.924. The van der Waals surface area contributed by atoms with Gasteiger partial charge in [0.1, 0.15) is 5.75 Å². The first kappa shape index (κ1) is 11.6. The molecule has 2 aromatic rings. The monoisotopic (exact) mass is 256 g/mol. The van der Waals surface area contributed by atoms with Crippen LogP contribution in [0.1, 0.15) is 23.2 Å². The highest BCUT2D eigenvalue weighted by Crippen LogP contribution is 2.34. The van der Waals surface area contributed by atoms with Crippen molar-refractivity contribution < 1.29 is 14.6 Å². The highest BCUT2D eigenvalue weighted by molar-refractivity contribution is 5.89. The zero-order valence-corrected chi connectivity index (χ0v) is 10.1. The highest BCUT2D eigenvalue weighted by Gasteiger charge is 2.25. The Kier molecular flexibility index (Phi) is 2.87. The van der Waals surface area contributed by atoms with Gasteiger partial charge in [0.25, 0.3) is 0 Å². The summed E-state index contributed by atoms with van der Waals surface area (Å²) >= 11 is 0. The van der Waals surface area contributed by atoms with E-state index in [1.807, 2.05) is 0 Å². The smallest absolute Gasteiger partial charge is 0.335 e. The fraction of sp³-hybridized carbons (Fsp3) is 0.214. The molecule has 1 aromatic carbocycles. The van der Waals surface area contributed by atoms with Gasteiger partial charge in [-0.25, -0.2) is 14.8 Å². The molecule has 96 valence electrons. The lowest BCUT2D eigenvalue weighted by atomic mass is 10.1. The van der Waals surface area contributed by atoms with Crippen LogP contribution in [0.2, 0.25) is 0 Å². The molecule has 1 N–H and O–H groups in total. The zero-order valence-electron chi connectivity index (χ0n) is 10.1. The Bertz CT molecular complexity index is 609. The van der Waals surface area contributed by atoms with Crippen LogP contribution in [0.25, 0.3) is 11.4 Å². The number of aromatic carboxylic acids is 1. The molecule has 19 heavy (non-hydrogen) atoms. The summed E-state index contributed by atoms with van der Waals surface area (Å²) in [7, 11) is 0. The highest BCUT2D eigenvalue weighted by atomic mass is 16.5. The van der Waals surface area contributed by atoms with Crippen molar-refractivity contribution in [1.29, 1.82) is 0 Å². The Hall–Kier alpha value is -2.43. The van der Waals surface area contributed by atoms with E-state index in [0.29, 0.717) is 11.6 Å². The van der Waals surface area contributed by atoms with Crippen molar-refractivity contribution >= 4 is 5.97 Å². The van der Waals surface area contributed by atoms with Gasteiger partial charge in [-0.1, -0.05) is 0 Å². The molecule has 0 radical (unpaired) electrons. The quantitative estimate of drug-likeness (QED) is 0.909. The van der Waals surface area contributed by atoms with E-state index in [1.54, 1.807) is 24.5 Å². The summed E-state index contributed by atoms with van der Waals surface area (Å²) in [6.45, 7) is 0. The second kappa shape index (κ2) is 4.68. The molecule has 1 saturated carbocycles. The van der Waals surface area contributed by atoms with E-state index < -0.39 is 5.97 Å². The number of rotatable bonds is 4. The van der Waals surface area contributed by atoms with Gasteiger partial charge in [-0.2, -0.15) is 0 Å². The molecule has 0 bridgehead atoms. The predicted molar refractivity (Wildman–Crippen MR) is 68.1 cm³/mol. The van der Waals surface area contributed by atoms with E-state index in [2.05, 4.69) is 9.97 Å². The van der Waals surface area contributed by atoms with Crippen molar-refractivity contribution in [2.45, 2.75) is 18.9 Å². The molecule has 1 aromatic heterocycles. The number of ether oxygens (including phenoxy) is 1. The Morgan fingerprint density at radius 1 is 1.26 bits per heavy atom. The van der Waals surface area contributed by atoms with Crippen molar-refractivity contribution in [3.05, 3.63) is 42.2 Å². The summed E-state index contributed by atoms with van der Waals surface area (Å²) in [6, 6.07) is 6.49. The molecule has 1 fully saturated rings. The number of carboxylic acids is 1. The van der Waals surface area contributed by atoms with Crippen LogP contribution >= 0.6 is 0 Å². The first-order valence-electron chi connectivity index (χ1n) is 6.05. The first-order chi connectivity index (χ1) is 9.24. The van der Waals surface area contributed by atoms with Crippen LogP contribution in [0, 0.1) is 0 Å². The molecule has 0 amide bonds. The third-order valence-electron chi connectivity index (χ3n) is 2.85. The van der Waals surface area contributed by atoms with E-state index >= 15 is 0 Å². The second-order valence-electron chi connectivity index (χ2n) is 4.41. The van der Waals surface area contributed by atoms with Gasteiger partial charge in [-0.05, 0) is 37.1 Å². The third-order valence-corrected chi connectivity index (χ3v) is 2.85. The van der Waals surface area contributed by atoms with E-state index in [-0.39, 0.29) is 11.7 Å². The van der Waals surface area contributed by atoms with Crippen LogP contribution in [-0.4, -0.2) is 27.1 Å². The van der Waals surface area contributed by atoms with Crippen LogP contribution in [0.15, 0.2) is 36.7 Å². The largest absolute Gasteiger partial charge is 0.490 e. The van der Waals surface area contributed by atoms with Gasteiger partial charge in [0.2, 0.25) is 0 Å². The maximum atomic E-state index is 11.0. The molecule has 1 aliphatic carbocycles. The van der Waals surface area contributed by atoms with Crippen LogP contribution in [-0.2, 0) is 0 Å². The second-order valence-corrected chi connectivity index (χ2v) is 4.41. The number of hydrogen-bond donors (Lipinski definition) is 1. The number of carbonyl (C=O) groups is 1. The Morgan fingerprint density at radius 3 is 2.63 bits per heavy atom. The number of benzene rings is 1. The fourth-order valence-electron chi connectivity index (χ4n) is 1.74. The molecule has 5 heteroatoms. The topological polar surface area (TPSA) is 72.3 Å². The molecular formula is C14H12N2O3. The van der Waals surface area contributed by atoms with E-state index in [0.717, 1.165) is 18.4 Å². The van der Waals surface area contributed by atoms with Gasteiger partial charge in [0, 0.05) is 12.4 Å². The third kappa shape index (κ3) is 2.54. The van der Waals surface area contributed by atoms with Crippen LogP contribution in [0.3, 0.4) is 0 Å². The molecule has 3 rings (SSSR count). The van der Waals surface area contributed by atoms with Crippen LogP contribution in [0.4, 0.5) is 0 Å². The standard InChI is InChI=1S/C14H12N2O3/c17-14(18)9-2-5-11(13-15-6-1-7-16-13)12(8-9)19-10-3-4-10/h1-2,5-8,10H,3-4H2,(H,17,18). The number of nitrogens with zero attached hydrogens (tertiary/aromatic N) is 2. The minimum Gasteiger partial charge on any atom is -0.490 e. The van der Waals surface area contributed by atoms with Gasteiger partial charge in [0.15, 0.2) is 5.82 Å². The lowest BCUT2D eigenvalue weighted by Gasteiger charge is -2.10. The van der Waals surface area contributed by atoms with Crippen molar-refractivity contribution in [2.75, 3.05) is 0 Å². The van der Waals surface area contributed by atoms with Gasteiger partial charge in [-0.15, -0.1) is 0 Å². The maximum absolute atomic E-state index is 11.0. The normalized spacial score (nSPS) is 14.1. The lowest BCUT2D eigenvalue weighted by molar-refractivity contribution is 0.0696. The number of carboxylic acid groups (broad SMARTS) is 1. The Labute approximate surface area is 109 Å². The van der Waals surface area contributed by atoms with Gasteiger partial charge < -0.3 is 9.84 Å². The minimum absolute atomic E-state index is 0.187. The lowest BCUT2D eigenvalue weighted by Crippen LogP contribution is -2.03. The first-order valence-corrected chi connectivity index (χ1v) is 6.05. The minimum atomic E-state index is -0.971. The molecule has 1 heterocycles. The summed E-state index contributed by atoms with van der Waals surface area (Å²) in [6.07, 6.45) is 5.49. The summed E-state index contributed by atoms with van der Waals surface area (Å²) in [5, 5.41) is 9.03. The average molecular weight is 256 g/mol. The van der Waals surface area contributed by atoms with Crippen LogP contribution < -0.4 is 4.74 Å². The maximum Gasteiger partial charge on any atom is 0.335 e. The van der Waals surface area contributed by atoms with Gasteiger partial charge in [-0.3, -0.25) is 0 Å². The van der Waals surface area contributed by atoms with Crippen molar-refractivity contribution in [3.8, 4) is 17.1 Å². The van der Waals surface area contributed by atoms with E-state index in [1.165, 1.54) is 12.1 Å². The number of hydrogen-bond acceptors (Lipinski definition) is 4.